The largest absolute Gasteiger partial charge is 0.416 e. The van der Waals surface area contributed by atoms with E-state index in [1.165, 1.54) is 12.1 Å². The zero-order valence-electron chi connectivity index (χ0n) is 20.4. The molecule has 1 aromatic heterocycles. The van der Waals surface area contributed by atoms with Crippen molar-refractivity contribution < 1.29 is 17.9 Å². The third-order valence-corrected chi connectivity index (χ3v) is 9.06. The highest BCUT2D eigenvalue weighted by atomic mass is 32.2. The van der Waals surface area contributed by atoms with Crippen molar-refractivity contribution in [3.63, 3.8) is 0 Å². The summed E-state index contributed by atoms with van der Waals surface area (Å²) < 4.78 is 46.5. The van der Waals surface area contributed by atoms with E-state index in [1.54, 1.807) is 23.9 Å². The van der Waals surface area contributed by atoms with E-state index in [2.05, 4.69) is 38.5 Å². The van der Waals surface area contributed by atoms with Gasteiger partial charge in [0.05, 0.1) is 5.56 Å². The second-order valence-electron chi connectivity index (χ2n) is 10.4. The van der Waals surface area contributed by atoms with Crippen molar-refractivity contribution in [3.05, 3.63) is 35.7 Å². The smallest absolute Gasteiger partial charge is 0.381 e. The molecule has 3 aliphatic rings. The van der Waals surface area contributed by atoms with Gasteiger partial charge < -0.3 is 19.1 Å². The summed E-state index contributed by atoms with van der Waals surface area (Å²) >= 11 is 1.77. The van der Waals surface area contributed by atoms with Crippen LogP contribution in [-0.2, 0) is 18.0 Å². The maximum atomic E-state index is 13.0. The van der Waals surface area contributed by atoms with E-state index in [1.807, 2.05) is 0 Å². The number of thioether (sulfide) groups is 1. The Kier molecular flexibility index (Phi) is 7.07. The van der Waals surface area contributed by atoms with Gasteiger partial charge in [0.15, 0.2) is 5.16 Å². The van der Waals surface area contributed by atoms with Crippen molar-refractivity contribution in [2.75, 3.05) is 50.0 Å². The molecule has 0 spiro atoms. The van der Waals surface area contributed by atoms with Crippen molar-refractivity contribution in [2.24, 2.45) is 12.5 Å². The highest BCUT2D eigenvalue weighted by Crippen LogP contribution is 2.45. The number of rotatable bonds is 7. The topological polar surface area (TPSA) is 46.4 Å². The first kappa shape index (κ1) is 24.9. The Morgan fingerprint density at radius 2 is 1.89 bits per heavy atom. The molecule has 3 saturated heterocycles. The number of hydrogen-bond acceptors (Lipinski definition) is 6. The van der Waals surface area contributed by atoms with Crippen LogP contribution in [-0.4, -0.2) is 70.9 Å². The third kappa shape index (κ3) is 5.20. The van der Waals surface area contributed by atoms with E-state index >= 15 is 0 Å². The molecule has 0 saturated carbocycles. The lowest BCUT2D eigenvalue weighted by Crippen LogP contribution is -2.37. The lowest BCUT2D eigenvalue weighted by molar-refractivity contribution is -0.137. The average molecular weight is 510 g/mol. The van der Waals surface area contributed by atoms with Gasteiger partial charge in [-0.05, 0) is 56.5 Å². The van der Waals surface area contributed by atoms with Crippen molar-refractivity contribution in [1.29, 1.82) is 0 Å². The van der Waals surface area contributed by atoms with Gasteiger partial charge in [0, 0.05) is 68.7 Å². The lowest BCUT2D eigenvalue weighted by Gasteiger charge is -2.30. The molecule has 0 N–H and O–H groups in total. The molecule has 0 amide bonds. The monoisotopic (exact) mass is 509 g/mol. The first-order valence-corrected chi connectivity index (χ1v) is 13.5. The Bertz CT molecular complexity index is 1010. The van der Waals surface area contributed by atoms with Crippen LogP contribution in [0.3, 0.4) is 0 Å². The highest BCUT2D eigenvalue weighted by molar-refractivity contribution is 7.99. The molecule has 35 heavy (non-hydrogen) atoms. The van der Waals surface area contributed by atoms with Crippen LogP contribution in [0.2, 0.25) is 0 Å². The van der Waals surface area contributed by atoms with Crippen LogP contribution in [0.25, 0.3) is 0 Å². The van der Waals surface area contributed by atoms with E-state index in [0.717, 1.165) is 87.5 Å². The molecule has 0 aliphatic carbocycles. The fraction of sp³-hybridized carbons (Fsp3) is 0.680. The van der Waals surface area contributed by atoms with Gasteiger partial charge in [0.2, 0.25) is 0 Å². The van der Waals surface area contributed by atoms with E-state index in [9.17, 15) is 13.2 Å². The van der Waals surface area contributed by atoms with Gasteiger partial charge in [-0.2, -0.15) is 13.2 Å². The summed E-state index contributed by atoms with van der Waals surface area (Å²) in [4.78, 5) is 4.83. The Morgan fingerprint density at radius 3 is 2.60 bits per heavy atom. The minimum Gasteiger partial charge on any atom is -0.381 e. The molecule has 2 aromatic rings. The minimum absolute atomic E-state index is 0.179. The Labute approximate surface area is 209 Å². The van der Waals surface area contributed by atoms with Crippen molar-refractivity contribution in [3.8, 4) is 0 Å². The Morgan fingerprint density at radius 1 is 1.14 bits per heavy atom. The molecule has 0 unspecified atom stereocenters. The minimum atomic E-state index is -4.29. The number of halogens is 3. The van der Waals surface area contributed by atoms with Crippen LogP contribution in [0.1, 0.15) is 49.9 Å². The predicted octanol–water partition coefficient (Wildman–Crippen LogP) is 4.81. The molecular formula is C25H34F3N5OS. The molecule has 1 aromatic carbocycles. The maximum Gasteiger partial charge on any atom is 0.416 e. The summed E-state index contributed by atoms with van der Waals surface area (Å²) in [6, 6.07) is 6.00. The van der Waals surface area contributed by atoms with Crippen molar-refractivity contribution in [1.82, 2.24) is 19.7 Å². The standard InChI is InChI=1S/C25H34F3N5OS/c1-24-10-12-33(20-6-4-19(5-7-20)25(26,27)28)21(24)16-32(17-24)11-3-15-35-23-30-29-22(31(23)2)18-8-13-34-14-9-18/h4-7,18,21H,3,8-17H2,1-2H3/t21-,24+/m1/s1. The first-order chi connectivity index (χ1) is 16.7. The highest BCUT2D eigenvalue weighted by Gasteiger charge is 2.50. The van der Waals surface area contributed by atoms with Crippen LogP contribution in [0.4, 0.5) is 18.9 Å². The molecule has 2 atom stereocenters. The number of ether oxygens (including phenoxy) is 1. The van der Waals surface area contributed by atoms with Crippen LogP contribution < -0.4 is 4.90 Å². The van der Waals surface area contributed by atoms with E-state index in [4.69, 9.17) is 4.74 Å². The molecule has 3 fully saturated rings. The zero-order chi connectivity index (χ0) is 24.6. The van der Waals surface area contributed by atoms with E-state index in [-0.39, 0.29) is 5.41 Å². The summed E-state index contributed by atoms with van der Waals surface area (Å²) in [5.41, 5.74) is 0.487. The van der Waals surface area contributed by atoms with Crippen LogP contribution in [0.5, 0.6) is 0 Å². The Balaban J connectivity index is 1.12. The number of aromatic nitrogens is 3. The van der Waals surface area contributed by atoms with Gasteiger partial charge in [-0.15, -0.1) is 10.2 Å². The quantitative estimate of drug-likeness (QED) is 0.394. The number of alkyl halides is 3. The summed E-state index contributed by atoms with van der Waals surface area (Å²) in [5.74, 6) is 2.49. The summed E-state index contributed by atoms with van der Waals surface area (Å²) in [5, 5.41) is 9.86. The number of fused-ring (bicyclic) bond motifs is 1. The fourth-order valence-corrected chi connectivity index (χ4v) is 6.78. The predicted molar refractivity (Wildman–Crippen MR) is 131 cm³/mol. The van der Waals surface area contributed by atoms with E-state index in [0.29, 0.717) is 12.0 Å². The summed E-state index contributed by atoms with van der Waals surface area (Å²) in [6.45, 7) is 7.84. The average Bonchev–Trinajstić information content (AvgIpc) is 3.47. The fourth-order valence-electron chi connectivity index (χ4n) is 5.93. The van der Waals surface area contributed by atoms with Gasteiger partial charge in [0.25, 0.3) is 0 Å². The lowest BCUT2D eigenvalue weighted by atomic mass is 9.85. The zero-order valence-corrected chi connectivity index (χ0v) is 21.2. The van der Waals surface area contributed by atoms with Gasteiger partial charge in [-0.25, -0.2) is 0 Å². The second kappa shape index (κ2) is 9.94. The molecule has 6 nitrogen and oxygen atoms in total. The van der Waals surface area contributed by atoms with Crippen molar-refractivity contribution >= 4 is 17.4 Å². The van der Waals surface area contributed by atoms with Crippen LogP contribution in [0, 0.1) is 5.41 Å². The molecule has 10 heteroatoms. The molecule has 5 rings (SSSR count). The molecule has 0 radical (unpaired) electrons. The molecule has 192 valence electrons. The van der Waals surface area contributed by atoms with Gasteiger partial charge >= 0.3 is 6.18 Å². The third-order valence-electron chi connectivity index (χ3n) is 7.95. The number of benzene rings is 1. The van der Waals surface area contributed by atoms with Crippen LogP contribution >= 0.6 is 11.8 Å². The number of nitrogens with zero attached hydrogens (tertiary/aromatic N) is 5. The SMILES string of the molecule is Cn1c(SCCCN2C[C@H]3N(c4ccc(C(F)(F)F)cc4)CC[C@@]3(C)C2)nnc1C1CCOCC1. The molecule has 3 aliphatic heterocycles. The number of hydrogen-bond donors (Lipinski definition) is 0. The van der Waals surface area contributed by atoms with Gasteiger partial charge in [-0.1, -0.05) is 18.7 Å². The first-order valence-electron chi connectivity index (χ1n) is 12.5. The second-order valence-corrected chi connectivity index (χ2v) is 11.4. The van der Waals surface area contributed by atoms with E-state index < -0.39 is 11.7 Å². The summed E-state index contributed by atoms with van der Waals surface area (Å²) in [6.07, 6.45) is -0.146. The summed E-state index contributed by atoms with van der Waals surface area (Å²) in [7, 11) is 2.06. The molecular weight excluding hydrogens is 475 g/mol. The number of anilines is 1. The van der Waals surface area contributed by atoms with Crippen molar-refractivity contribution in [2.45, 2.75) is 55.9 Å². The Hall–Kier alpha value is -1.78. The normalized spacial score (nSPS) is 26.0. The van der Waals surface area contributed by atoms with Crippen LogP contribution in [0.15, 0.2) is 29.4 Å². The van der Waals surface area contributed by atoms with Gasteiger partial charge in [-0.3, -0.25) is 0 Å². The maximum absolute atomic E-state index is 13.0. The van der Waals surface area contributed by atoms with Gasteiger partial charge in [0.1, 0.15) is 5.82 Å². The molecule has 0 bridgehead atoms. The molecule has 4 heterocycles. The number of likely N-dealkylation sites (tertiary alicyclic amines) is 1.